The third-order valence-electron chi connectivity index (χ3n) is 5.47. The third kappa shape index (κ3) is 7.01. The maximum atomic E-state index is 13.8. The van der Waals surface area contributed by atoms with Crippen LogP contribution in [0.4, 0.5) is 8.78 Å². The second-order valence-electron chi connectivity index (χ2n) is 8.20. The summed E-state index contributed by atoms with van der Waals surface area (Å²) in [6, 6.07) is 23.6. The van der Waals surface area contributed by atoms with Gasteiger partial charge >= 0.3 is 0 Å². The molecule has 1 N–H and O–H groups in total. The van der Waals surface area contributed by atoms with E-state index in [0.717, 1.165) is 22.4 Å². The van der Waals surface area contributed by atoms with Gasteiger partial charge in [-0.25, -0.2) is 8.78 Å². The standard InChI is InChI=1S/C28H26F2N2O3/c1-34-25-7-3-5-22(15-25)18-32(17-21-4-2-6-24(30)14-21)19-26-12-13-27(35-26)28(33)31-16-20-8-10-23(29)11-9-20/h2-15H,16-19H2,1H3,(H,31,33). The van der Waals surface area contributed by atoms with Crippen molar-refractivity contribution in [3.63, 3.8) is 0 Å². The Kier molecular flexibility index (Phi) is 7.90. The van der Waals surface area contributed by atoms with Crippen LogP contribution in [-0.4, -0.2) is 17.9 Å². The molecule has 0 saturated heterocycles. The quantitative estimate of drug-likeness (QED) is 0.319. The smallest absolute Gasteiger partial charge is 0.287 e. The van der Waals surface area contributed by atoms with Crippen molar-refractivity contribution in [2.75, 3.05) is 7.11 Å². The molecule has 4 rings (SSSR count). The van der Waals surface area contributed by atoms with Crippen molar-refractivity contribution in [1.29, 1.82) is 0 Å². The van der Waals surface area contributed by atoms with Gasteiger partial charge < -0.3 is 14.5 Å². The molecule has 35 heavy (non-hydrogen) atoms. The summed E-state index contributed by atoms with van der Waals surface area (Å²) in [5.74, 6) is 0.580. The molecule has 1 amide bonds. The number of carbonyl (C=O) groups is 1. The highest BCUT2D eigenvalue weighted by molar-refractivity contribution is 5.91. The summed E-state index contributed by atoms with van der Waals surface area (Å²) >= 11 is 0. The molecule has 1 heterocycles. The molecule has 0 fully saturated rings. The van der Waals surface area contributed by atoms with Crippen LogP contribution in [0.25, 0.3) is 0 Å². The van der Waals surface area contributed by atoms with Crippen molar-refractivity contribution >= 4 is 5.91 Å². The Morgan fingerprint density at radius 1 is 0.829 bits per heavy atom. The molecule has 4 aromatic rings. The number of benzene rings is 3. The van der Waals surface area contributed by atoms with Crippen LogP contribution in [0.3, 0.4) is 0 Å². The summed E-state index contributed by atoms with van der Waals surface area (Å²) in [4.78, 5) is 14.6. The number of amides is 1. The first-order valence-electron chi connectivity index (χ1n) is 11.2. The number of halogens is 2. The summed E-state index contributed by atoms with van der Waals surface area (Å²) < 4.78 is 38.0. The normalized spacial score (nSPS) is 11.0. The van der Waals surface area contributed by atoms with E-state index in [2.05, 4.69) is 10.2 Å². The summed E-state index contributed by atoms with van der Waals surface area (Å²) in [6.07, 6.45) is 0. The second kappa shape index (κ2) is 11.4. The van der Waals surface area contributed by atoms with E-state index >= 15 is 0 Å². The van der Waals surface area contributed by atoms with Crippen LogP contribution in [0.15, 0.2) is 89.3 Å². The molecule has 3 aromatic carbocycles. The van der Waals surface area contributed by atoms with E-state index in [1.165, 1.54) is 24.3 Å². The maximum Gasteiger partial charge on any atom is 0.287 e. The van der Waals surface area contributed by atoms with Crippen LogP contribution in [0.1, 0.15) is 33.0 Å². The average molecular weight is 477 g/mol. The Balaban J connectivity index is 1.44. The van der Waals surface area contributed by atoms with Gasteiger partial charge in [0.15, 0.2) is 5.76 Å². The maximum absolute atomic E-state index is 13.8. The third-order valence-corrected chi connectivity index (χ3v) is 5.47. The molecule has 0 aliphatic heterocycles. The fraction of sp³-hybridized carbons (Fsp3) is 0.179. The van der Waals surface area contributed by atoms with Gasteiger partial charge in [-0.2, -0.15) is 0 Å². The minimum absolute atomic E-state index is 0.189. The number of rotatable bonds is 10. The molecule has 180 valence electrons. The lowest BCUT2D eigenvalue weighted by atomic mass is 10.1. The largest absolute Gasteiger partial charge is 0.497 e. The van der Waals surface area contributed by atoms with Crippen molar-refractivity contribution in [3.05, 3.63) is 125 Å². The molecule has 0 saturated carbocycles. The van der Waals surface area contributed by atoms with Crippen molar-refractivity contribution in [2.24, 2.45) is 0 Å². The number of hydrogen-bond donors (Lipinski definition) is 1. The van der Waals surface area contributed by atoms with Crippen LogP contribution in [0.2, 0.25) is 0 Å². The molecule has 7 heteroatoms. The molecular weight excluding hydrogens is 450 g/mol. The average Bonchev–Trinajstić information content (AvgIpc) is 3.32. The fourth-order valence-corrected chi connectivity index (χ4v) is 3.77. The van der Waals surface area contributed by atoms with Gasteiger partial charge in [-0.1, -0.05) is 36.4 Å². The molecule has 0 aliphatic carbocycles. The Morgan fingerprint density at radius 2 is 1.54 bits per heavy atom. The van der Waals surface area contributed by atoms with Crippen LogP contribution < -0.4 is 10.1 Å². The molecular formula is C28H26F2N2O3. The second-order valence-corrected chi connectivity index (χ2v) is 8.20. The van der Waals surface area contributed by atoms with Gasteiger partial charge in [0, 0.05) is 19.6 Å². The zero-order chi connectivity index (χ0) is 24.6. The van der Waals surface area contributed by atoms with Crippen molar-refractivity contribution < 1.29 is 22.7 Å². The van der Waals surface area contributed by atoms with Gasteiger partial charge in [0.1, 0.15) is 23.1 Å². The van der Waals surface area contributed by atoms with Crippen molar-refractivity contribution in [2.45, 2.75) is 26.2 Å². The lowest BCUT2D eigenvalue weighted by molar-refractivity contribution is 0.0918. The Labute approximate surface area is 203 Å². The van der Waals surface area contributed by atoms with Gasteiger partial charge in [-0.05, 0) is 65.2 Å². The first-order valence-corrected chi connectivity index (χ1v) is 11.2. The Morgan fingerprint density at radius 3 is 2.26 bits per heavy atom. The molecule has 1 aromatic heterocycles. The first kappa shape index (κ1) is 24.2. The number of nitrogens with zero attached hydrogens (tertiary/aromatic N) is 1. The monoisotopic (exact) mass is 476 g/mol. The van der Waals surface area contributed by atoms with E-state index in [1.807, 2.05) is 30.3 Å². The molecule has 0 atom stereocenters. The number of nitrogens with one attached hydrogen (secondary N) is 1. The van der Waals surface area contributed by atoms with Crippen LogP contribution in [0.5, 0.6) is 5.75 Å². The van der Waals surface area contributed by atoms with Gasteiger partial charge in [0.2, 0.25) is 0 Å². The minimum Gasteiger partial charge on any atom is -0.497 e. The zero-order valence-corrected chi connectivity index (χ0v) is 19.3. The molecule has 5 nitrogen and oxygen atoms in total. The van der Waals surface area contributed by atoms with Gasteiger partial charge in [0.25, 0.3) is 5.91 Å². The van der Waals surface area contributed by atoms with Crippen molar-refractivity contribution in [3.8, 4) is 5.75 Å². The van der Waals surface area contributed by atoms with Gasteiger partial charge in [0.05, 0.1) is 13.7 Å². The van der Waals surface area contributed by atoms with Crippen LogP contribution in [-0.2, 0) is 26.2 Å². The molecule has 0 radical (unpaired) electrons. The van der Waals surface area contributed by atoms with E-state index in [0.29, 0.717) is 25.4 Å². The Bertz CT molecular complexity index is 1270. The zero-order valence-electron chi connectivity index (χ0n) is 19.3. The van der Waals surface area contributed by atoms with Crippen LogP contribution in [0, 0.1) is 11.6 Å². The number of methoxy groups -OCH3 is 1. The van der Waals surface area contributed by atoms with Gasteiger partial charge in [-0.3, -0.25) is 9.69 Å². The fourth-order valence-electron chi connectivity index (χ4n) is 3.77. The number of carbonyl (C=O) groups excluding carboxylic acids is 1. The highest BCUT2D eigenvalue weighted by atomic mass is 19.1. The van der Waals surface area contributed by atoms with E-state index in [9.17, 15) is 13.6 Å². The van der Waals surface area contributed by atoms with E-state index < -0.39 is 0 Å². The number of ether oxygens (including phenoxy) is 1. The van der Waals surface area contributed by atoms with E-state index in [4.69, 9.17) is 9.15 Å². The molecule has 0 unspecified atom stereocenters. The summed E-state index contributed by atoms with van der Waals surface area (Å²) in [5, 5.41) is 2.78. The topological polar surface area (TPSA) is 54.7 Å². The number of hydrogen-bond acceptors (Lipinski definition) is 4. The summed E-state index contributed by atoms with van der Waals surface area (Å²) in [6.45, 7) is 1.73. The SMILES string of the molecule is COc1cccc(CN(Cc2cccc(F)c2)Cc2ccc(C(=O)NCc3ccc(F)cc3)o2)c1. The summed E-state index contributed by atoms with van der Waals surface area (Å²) in [5.41, 5.74) is 2.65. The van der Waals surface area contributed by atoms with Crippen LogP contribution >= 0.6 is 0 Å². The van der Waals surface area contributed by atoms with Crippen molar-refractivity contribution in [1.82, 2.24) is 10.2 Å². The van der Waals surface area contributed by atoms with E-state index in [1.54, 1.807) is 37.4 Å². The lowest BCUT2D eigenvalue weighted by Gasteiger charge is -2.22. The van der Waals surface area contributed by atoms with Gasteiger partial charge in [-0.15, -0.1) is 0 Å². The predicted molar refractivity (Wildman–Crippen MR) is 129 cm³/mol. The molecule has 0 spiro atoms. The lowest BCUT2D eigenvalue weighted by Crippen LogP contribution is -2.23. The first-order chi connectivity index (χ1) is 17.0. The van der Waals surface area contributed by atoms with E-state index in [-0.39, 0.29) is 29.8 Å². The minimum atomic E-state index is -0.356. The molecule has 0 aliphatic rings. The number of furan rings is 1. The summed E-state index contributed by atoms with van der Waals surface area (Å²) in [7, 11) is 1.62. The Hall–Kier alpha value is -3.97. The highest BCUT2D eigenvalue weighted by Gasteiger charge is 2.15. The molecule has 0 bridgehead atoms. The highest BCUT2D eigenvalue weighted by Crippen LogP contribution is 2.19. The predicted octanol–water partition coefficient (Wildman–Crippen LogP) is 5.70.